The second kappa shape index (κ2) is 15.3. The number of methoxy groups -OCH3 is 1. The number of benzene rings is 3. The van der Waals surface area contributed by atoms with E-state index in [1.54, 1.807) is 51.6 Å². The van der Waals surface area contributed by atoms with Crippen LogP contribution in [0.3, 0.4) is 0 Å². The Hall–Kier alpha value is -5.97. The summed E-state index contributed by atoms with van der Waals surface area (Å²) in [5.74, 6) is -0.867. The Bertz CT molecular complexity index is 2140. The van der Waals surface area contributed by atoms with Crippen molar-refractivity contribution in [1.82, 2.24) is 19.9 Å². The summed E-state index contributed by atoms with van der Waals surface area (Å²) in [7, 11) is 1.56. The molecular formula is C40H39FN4O6. The number of carbonyl (C=O) groups is 2. The van der Waals surface area contributed by atoms with Gasteiger partial charge in [-0.1, -0.05) is 30.3 Å². The van der Waals surface area contributed by atoms with Crippen LogP contribution in [-0.4, -0.2) is 51.9 Å². The Morgan fingerprint density at radius 3 is 2.39 bits per heavy atom. The summed E-state index contributed by atoms with van der Waals surface area (Å²) in [5, 5.41) is 13.6. The number of aliphatic carboxylic acids is 1. The normalized spacial score (nSPS) is 14.4. The predicted molar refractivity (Wildman–Crippen MR) is 191 cm³/mol. The van der Waals surface area contributed by atoms with Crippen LogP contribution in [0.4, 0.5) is 4.39 Å². The van der Waals surface area contributed by atoms with Crippen molar-refractivity contribution in [3.63, 3.8) is 0 Å². The summed E-state index contributed by atoms with van der Waals surface area (Å²) in [5.41, 5.74) is 6.42. The van der Waals surface area contributed by atoms with Gasteiger partial charge in [-0.3, -0.25) is 9.55 Å². The standard InChI is InChI=1S/C40H39FN4O6/c1-5-50-40(48)37-31(16-8-27-9-17-34(49-4)35(22-27)51-21-19-26-6-12-29(41)13-7-26)36(39(46)47)24(2)43-38(37)28-10-14-30(15-11-28)45-25(3)44-32-23-42-20-18-33(32)45/h6-7,9-15,17-18,20,22-23,31,43H,5,8,16,19,21H2,1-4H3,(H,46,47). The maximum atomic E-state index is 13.7. The number of aryl methyl sites for hydroxylation is 2. The van der Waals surface area contributed by atoms with Crippen molar-refractivity contribution in [1.29, 1.82) is 0 Å². The quantitative estimate of drug-likeness (QED) is 0.126. The molecule has 0 fully saturated rings. The topological polar surface area (TPSA) is 125 Å². The van der Waals surface area contributed by atoms with Crippen molar-refractivity contribution in [2.45, 2.75) is 40.0 Å². The Balaban J connectivity index is 1.30. The molecule has 5 aromatic rings. The SMILES string of the molecule is CCOC(=O)C1=C(c2ccc(-n3c(C)nc4cnccc43)cc2)NC(C)=C(C(=O)O)C1CCc1ccc(OC)c(OCCc2ccc(F)cc2)c1. The van der Waals surface area contributed by atoms with Gasteiger partial charge in [0.2, 0.25) is 0 Å². The Morgan fingerprint density at radius 1 is 0.941 bits per heavy atom. The monoisotopic (exact) mass is 690 g/mol. The van der Waals surface area contributed by atoms with Crippen molar-refractivity contribution in [2.75, 3.05) is 20.3 Å². The average Bonchev–Trinajstić information content (AvgIpc) is 3.46. The van der Waals surface area contributed by atoms with Gasteiger partial charge in [0.25, 0.3) is 0 Å². The van der Waals surface area contributed by atoms with Crippen molar-refractivity contribution >= 4 is 28.7 Å². The maximum absolute atomic E-state index is 13.7. The molecule has 0 saturated carbocycles. The summed E-state index contributed by atoms with van der Waals surface area (Å²) in [6, 6.07) is 21.4. The number of nitrogens with zero attached hydrogens (tertiary/aromatic N) is 3. The first-order valence-corrected chi connectivity index (χ1v) is 16.7. The molecule has 0 bridgehead atoms. The zero-order chi connectivity index (χ0) is 36.1. The highest BCUT2D eigenvalue weighted by atomic mass is 19.1. The number of pyridine rings is 1. The summed E-state index contributed by atoms with van der Waals surface area (Å²) in [6.07, 6.45) is 4.76. The number of hydrogen-bond donors (Lipinski definition) is 2. The van der Waals surface area contributed by atoms with Crippen LogP contribution in [0, 0.1) is 18.7 Å². The lowest BCUT2D eigenvalue weighted by atomic mass is 9.80. The number of imidazole rings is 1. The number of halogens is 1. The highest BCUT2D eigenvalue weighted by Crippen LogP contribution is 2.39. The lowest BCUT2D eigenvalue weighted by Crippen LogP contribution is -2.33. The number of carboxylic acids is 1. The molecule has 0 saturated heterocycles. The minimum Gasteiger partial charge on any atom is -0.493 e. The molecule has 6 rings (SSSR count). The summed E-state index contributed by atoms with van der Waals surface area (Å²) in [6.45, 7) is 5.83. The van der Waals surface area contributed by atoms with Crippen LogP contribution in [0.25, 0.3) is 22.4 Å². The van der Waals surface area contributed by atoms with Gasteiger partial charge in [0.1, 0.15) is 17.2 Å². The average molecular weight is 691 g/mol. The molecule has 2 N–H and O–H groups in total. The first kappa shape index (κ1) is 34.9. The number of carboxylic acid groups (broad SMARTS) is 1. The van der Waals surface area contributed by atoms with E-state index in [1.165, 1.54) is 12.1 Å². The van der Waals surface area contributed by atoms with E-state index in [4.69, 9.17) is 14.2 Å². The van der Waals surface area contributed by atoms with Crippen molar-refractivity contribution in [3.8, 4) is 17.2 Å². The number of allylic oxidation sites excluding steroid dienone is 1. The van der Waals surface area contributed by atoms with Crippen LogP contribution in [0.5, 0.6) is 11.5 Å². The van der Waals surface area contributed by atoms with E-state index >= 15 is 0 Å². The number of ether oxygens (including phenoxy) is 3. The number of hydrogen-bond acceptors (Lipinski definition) is 8. The first-order chi connectivity index (χ1) is 24.7. The Labute approximate surface area is 295 Å². The summed E-state index contributed by atoms with van der Waals surface area (Å²) < 4.78 is 32.5. The Kier molecular flexibility index (Phi) is 10.5. The third-order valence-corrected chi connectivity index (χ3v) is 8.96. The molecule has 0 spiro atoms. The van der Waals surface area contributed by atoms with Crippen LogP contribution in [0.2, 0.25) is 0 Å². The van der Waals surface area contributed by atoms with Crippen molar-refractivity contribution in [3.05, 3.63) is 130 Å². The number of rotatable bonds is 13. The van der Waals surface area contributed by atoms with E-state index in [-0.39, 0.29) is 23.6 Å². The fraction of sp³-hybridized carbons (Fsp3) is 0.250. The molecule has 11 heteroatoms. The number of esters is 1. The minimum absolute atomic E-state index is 0.108. The van der Waals surface area contributed by atoms with Gasteiger partial charge in [0.15, 0.2) is 11.5 Å². The molecule has 1 atom stereocenters. The van der Waals surface area contributed by atoms with Gasteiger partial charge in [-0.15, -0.1) is 0 Å². The van der Waals surface area contributed by atoms with E-state index in [2.05, 4.69) is 15.3 Å². The van der Waals surface area contributed by atoms with Crippen LogP contribution >= 0.6 is 0 Å². The molecule has 1 unspecified atom stereocenters. The highest BCUT2D eigenvalue weighted by molar-refractivity contribution is 6.03. The molecular weight excluding hydrogens is 651 g/mol. The third kappa shape index (κ3) is 7.47. The van der Waals surface area contributed by atoms with E-state index in [0.29, 0.717) is 54.3 Å². The smallest absolute Gasteiger partial charge is 0.336 e. The number of carbonyl (C=O) groups excluding carboxylic acids is 1. The molecule has 51 heavy (non-hydrogen) atoms. The summed E-state index contributed by atoms with van der Waals surface area (Å²) in [4.78, 5) is 35.2. The number of aromatic nitrogens is 3. The molecule has 262 valence electrons. The zero-order valence-electron chi connectivity index (χ0n) is 28.9. The second-order valence-corrected chi connectivity index (χ2v) is 12.2. The number of dihydropyridines is 1. The first-order valence-electron chi connectivity index (χ1n) is 16.7. The van der Waals surface area contributed by atoms with E-state index < -0.39 is 17.9 Å². The highest BCUT2D eigenvalue weighted by Gasteiger charge is 2.37. The van der Waals surface area contributed by atoms with Crippen molar-refractivity contribution in [2.24, 2.45) is 5.92 Å². The van der Waals surface area contributed by atoms with Gasteiger partial charge >= 0.3 is 11.9 Å². The minimum atomic E-state index is -1.11. The molecule has 1 aliphatic rings. The van der Waals surface area contributed by atoms with E-state index in [1.807, 2.05) is 54.0 Å². The largest absolute Gasteiger partial charge is 0.493 e. The number of fused-ring (bicyclic) bond motifs is 1. The fourth-order valence-electron chi connectivity index (χ4n) is 6.57. The molecule has 0 radical (unpaired) electrons. The van der Waals surface area contributed by atoms with Crippen molar-refractivity contribution < 1.29 is 33.3 Å². The maximum Gasteiger partial charge on any atom is 0.336 e. The lowest BCUT2D eigenvalue weighted by molar-refractivity contribution is -0.139. The molecule has 1 aliphatic heterocycles. The van der Waals surface area contributed by atoms with Crippen LogP contribution < -0.4 is 14.8 Å². The third-order valence-electron chi connectivity index (χ3n) is 8.96. The number of nitrogens with one attached hydrogen (secondary N) is 1. The molecule has 10 nitrogen and oxygen atoms in total. The predicted octanol–water partition coefficient (Wildman–Crippen LogP) is 6.98. The molecule has 3 aromatic carbocycles. The van der Waals surface area contributed by atoms with E-state index in [9.17, 15) is 19.1 Å². The van der Waals surface area contributed by atoms with Gasteiger partial charge < -0.3 is 24.6 Å². The van der Waals surface area contributed by atoms with Gasteiger partial charge in [-0.05, 0) is 92.8 Å². The van der Waals surface area contributed by atoms with E-state index in [0.717, 1.165) is 33.7 Å². The van der Waals surface area contributed by atoms with Gasteiger partial charge in [0.05, 0.1) is 48.9 Å². The van der Waals surface area contributed by atoms with Crippen LogP contribution in [0.1, 0.15) is 42.8 Å². The second-order valence-electron chi connectivity index (χ2n) is 12.2. The van der Waals surface area contributed by atoms with Gasteiger partial charge in [0, 0.05) is 29.9 Å². The van der Waals surface area contributed by atoms with Crippen LogP contribution in [0.15, 0.2) is 102 Å². The molecule has 2 aromatic heterocycles. The molecule has 3 heterocycles. The zero-order valence-corrected chi connectivity index (χ0v) is 28.9. The molecule has 0 aliphatic carbocycles. The summed E-state index contributed by atoms with van der Waals surface area (Å²) >= 11 is 0. The fourth-order valence-corrected chi connectivity index (χ4v) is 6.57. The molecule has 0 amide bonds. The lowest BCUT2D eigenvalue weighted by Gasteiger charge is -2.31. The van der Waals surface area contributed by atoms with Gasteiger partial charge in [-0.2, -0.15) is 0 Å². The Morgan fingerprint density at radius 2 is 1.69 bits per heavy atom. The van der Waals surface area contributed by atoms with Gasteiger partial charge in [-0.25, -0.2) is 19.0 Å². The van der Waals surface area contributed by atoms with Crippen LogP contribution in [-0.2, 0) is 27.2 Å².